The van der Waals surface area contributed by atoms with Gasteiger partial charge in [-0.15, -0.1) is 12.3 Å². The third-order valence-corrected chi connectivity index (χ3v) is 3.71. The first-order valence-corrected chi connectivity index (χ1v) is 6.49. The molecule has 0 bridgehead atoms. The first-order chi connectivity index (χ1) is 8.31. The van der Waals surface area contributed by atoms with E-state index in [0.29, 0.717) is 0 Å². The van der Waals surface area contributed by atoms with E-state index in [1.165, 1.54) is 14.1 Å². The lowest BCUT2D eigenvalue weighted by atomic mass is 10.5. The van der Waals surface area contributed by atoms with Crippen LogP contribution in [-0.4, -0.2) is 24.1 Å². The van der Waals surface area contributed by atoms with E-state index < -0.39 is 26.2 Å². The second-order valence-electron chi connectivity index (χ2n) is 3.60. The van der Waals surface area contributed by atoms with Crippen LogP contribution in [0.25, 0.3) is 0 Å². The zero-order valence-corrected chi connectivity index (χ0v) is 10.8. The first kappa shape index (κ1) is 14.2. The minimum Gasteiger partial charge on any atom is -0.302 e. The Kier molecular flexibility index (Phi) is 4.11. The van der Waals surface area contributed by atoms with Crippen LogP contribution in [0, 0.1) is 12.3 Å². The molecule has 0 spiro atoms. The van der Waals surface area contributed by atoms with Gasteiger partial charge in [-0.2, -0.15) is 0 Å². The molecule has 0 radical (unpaired) electrons. The van der Waals surface area contributed by atoms with Gasteiger partial charge in [0.1, 0.15) is 0 Å². The van der Waals surface area contributed by atoms with Gasteiger partial charge >= 0.3 is 5.69 Å². The molecule has 18 heavy (non-hydrogen) atoms. The number of sulfonamides is 1. The Balaban J connectivity index is 3.31. The minimum atomic E-state index is -3.96. The van der Waals surface area contributed by atoms with Crippen LogP contribution in [0.4, 0.5) is 0 Å². The fourth-order valence-electron chi connectivity index (χ4n) is 1.29. The Labute approximate surface area is 104 Å². The van der Waals surface area contributed by atoms with Crippen molar-refractivity contribution < 1.29 is 8.42 Å². The summed E-state index contributed by atoms with van der Waals surface area (Å²) in [6, 6.07) is 0. The summed E-state index contributed by atoms with van der Waals surface area (Å²) < 4.78 is 27.6. The van der Waals surface area contributed by atoms with Crippen molar-refractivity contribution in [3.05, 3.63) is 27.0 Å². The molecule has 0 fully saturated rings. The second-order valence-corrected chi connectivity index (χ2v) is 5.34. The first-order valence-electron chi connectivity index (χ1n) is 5.01. The van der Waals surface area contributed by atoms with Gasteiger partial charge in [-0.3, -0.25) is 9.36 Å². The molecule has 1 N–H and O–H groups in total. The van der Waals surface area contributed by atoms with Gasteiger partial charge in [0, 0.05) is 33.3 Å². The summed E-state index contributed by atoms with van der Waals surface area (Å²) in [5, 5.41) is 0. The third kappa shape index (κ3) is 2.69. The van der Waals surface area contributed by atoms with E-state index in [4.69, 9.17) is 6.42 Å². The van der Waals surface area contributed by atoms with Crippen molar-refractivity contribution >= 4 is 10.0 Å². The Morgan fingerprint density at radius 3 is 2.56 bits per heavy atom. The number of terminal acetylenes is 1. The van der Waals surface area contributed by atoms with E-state index in [-0.39, 0.29) is 13.0 Å². The number of hydrogen-bond donors (Lipinski definition) is 1. The Morgan fingerprint density at radius 2 is 2.00 bits per heavy atom. The normalized spacial score (nSPS) is 11.2. The largest absolute Gasteiger partial charge is 0.330 e. The topological polar surface area (TPSA) is 90.2 Å². The molecule has 0 aliphatic heterocycles. The average Bonchev–Trinajstić information content (AvgIpc) is 2.31. The molecule has 1 rings (SSSR count). The van der Waals surface area contributed by atoms with Crippen LogP contribution in [0.5, 0.6) is 0 Å². The number of nitrogens with zero attached hydrogens (tertiary/aromatic N) is 2. The number of aryl methyl sites for hydroxylation is 1. The van der Waals surface area contributed by atoms with Crippen LogP contribution in [0.2, 0.25) is 0 Å². The maximum Gasteiger partial charge on any atom is 0.330 e. The molecule has 1 heterocycles. The fourth-order valence-corrected chi connectivity index (χ4v) is 2.48. The molecule has 0 atom stereocenters. The predicted molar refractivity (Wildman–Crippen MR) is 65.6 cm³/mol. The monoisotopic (exact) mass is 271 g/mol. The van der Waals surface area contributed by atoms with Crippen molar-refractivity contribution in [2.24, 2.45) is 14.1 Å². The zero-order valence-electron chi connectivity index (χ0n) is 10.0. The summed E-state index contributed by atoms with van der Waals surface area (Å²) in [5.41, 5.74) is -1.46. The highest BCUT2D eigenvalue weighted by Gasteiger charge is 2.20. The Bertz CT molecular complexity index is 706. The van der Waals surface area contributed by atoms with Crippen molar-refractivity contribution in [3.8, 4) is 12.3 Å². The van der Waals surface area contributed by atoms with Crippen molar-refractivity contribution in [2.45, 2.75) is 11.3 Å². The summed E-state index contributed by atoms with van der Waals surface area (Å²) in [6.45, 7) is 0.0326. The highest BCUT2D eigenvalue weighted by Crippen LogP contribution is 1.99. The Morgan fingerprint density at radius 1 is 1.39 bits per heavy atom. The number of nitrogens with one attached hydrogen (secondary N) is 1. The summed E-state index contributed by atoms with van der Waals surface area (Å²) in [4.78, 5) is 22.6. The Hall–Kier alpha value is -1.85. The number of rotatable bonds is 4. The fraction of sp³-hybridized carbons (Fsp3) is 0.400. The van der Waals surface area contributed by atoms with Crippen LogP contribution in [0.3, 0.4) is 0 Å². The minimum absolute atomic E-state index is 0.0326. The van der Waals surface area contributed by atoms with E-state index in [1.807, 2.05) is 0 Å². The lowest BCUT2D eigenvalue weighted by Crippen LogP contribution is -2.41. The molecule has 0 amide bonds. The van der Waals surface area contributed by atoms with Gasteiger partial charge in [-0.1, -0.05) is 0 Å². The quantitative estimate of drug-likeness (QED) is 0.527. The van der Waals surface area contributed by atoms with Crippen LogP contribution >= 0.6 is 0 Å². The number of aromatic nitrogens is 2. The molecule has 1 aromatic heterocycles. The molecule has 7 nitrogen and oxygen atoms in total. The number of hydrogen-bond acceptors (Lipinski definition) is 4. The summed E-state index contributed by atoms with van der Waals surface area (Å²) in [6.07, 6.45) is 6.20. The standard InChI is InChI=1S/C10H13N3O4S/c1-4-5-6-11-18(16,17)8-7-12(2)10(15)13(3)9(8)14/h1,7,11H,5-6H2,2-3H3. The van der Waals surface area contributed by atoms with Gasteiger partial charge < -0.3 is 4.57 Å². The molecule has 0 aromatic carbocycles. The van der Waals surface area contributed by atoms with Gasteiger partial charge in [0.15, 0.2) is 4.90 Å². The molecule has 0 unspecified atom stereocenters. The van der Waals surface area contributed by atoms with Gasteiger partial charge in [-0.25, -0.2) is 17.9 Å². The van der Waals surface area contributed by atoms with E-state index in [1.54, 1.807) is 0 Å². The van der Waals surface area contributed by atoms with Gasteiger partial charge in [-0.05, 0) is 0 Å². The predicted octanol–water partition coefficient (Wildman–Crippen LogP) is -1.61. The second kappa shape index (κ2) is 5.20. The van der Waals surface area contributed by atoms with Gasteiger partial charge in [0.25, 0.3) is 5.56 Å². The SMILES string of the molecule is C#CCCNS(=O)(=O)c1cn(C)c(=O)n(C)c1=O. The molecule has 8 heteroatoms. The molecule has 0 aliphatic rings. The average molecular weight is 271 g/mol. The molecular formula is C10H13N3O4S. The highest BCUT2D eigenvalue weighted by molar-refractivity contribution is 7.89. The summed E-state index contributed by atoms with van der Waals surface area (Å²) >= 11 is 0. The van der Waals surface area contributed by atoms with Crippen molar-refractivity contribution in [3.63, 3.8) is 0 Å². The van der Waals surface area contributed by atoms with E-state index >= 15 is 0 Å². The van der Waals surface area contributed by atoms with Gasteiger partial charge in [0.2, 0.25) is 10.0 Å². The molecule has 0 saturated carbocycles. The maximum atomic E-state index is 11.8. The van der Waals surface area contributed by atoms with E-state index in [0.717, 1.165) is 15.3 Å². The molecular weight excluding hydrogens is 258 g/mol. The summed E-state index contributed by atoms with van der Waals surface area (Å²) in [5.74, 6) is 2.27. The van der Waals surface area contributed by atoms with Crippen LogP contribution in [0.15, 0.2) is 20.7 Å². The zero-order chi connectivity index (χ0) is 13.9. The highest BCUT2D eigenvalue weighted by atomic mass is 32.2. The van der Waals surface area contributed by atoms with E-state index in [2.05, 4.69) is 10.6 Å². The molecule has 1 aromatic rings. The van der Waals surface area contributed by atoms with Crippen LogP contribution in [-0.2, 0) is 24.1 Å². The third-order valence-electron chi connectivity index (χ3n) is 2.27. The van der Waals surface area contributed by atoms with Crippen molar-refractivity contribution in [1.29, 1.82) is 0 Å². The van der Waals surface area contributed by atoms with Crippen LogP contribution in [0.1, 0.15) is 6.42 Å². The lowest BCUT2D eigenvalue weighted by Gasteiger charge is -2.08. The van der Waals surface area contributed by atoms with Crippen LogP contribution < -0.4 is 16.0 Å². The van der Waals surface area contributed by atoms with Crippen molar-refractivity contribution in [2.75, 3.05) is 6.54 Å². The smallest absolute Gasteiger partial charge is 0.302 e. The molecule has 0 saturated heterocycles. The summed E-state index contributed by atoms with van der Waals surface area (Å²) in [7, 11) is -1.39. The van der Waals surface area contributed by atoms with E-state index in [9.17, 15) is 18.0 Å². The van der Waals surface area contributed by atoms with Crippen molar-refractivity contribution in [1.82, 2.24) is 13.9 Å². The lowest BCUT2D eigenvalue weighted by molar-refractivity contribution is 0.571. The molecule has 98 valence electrons. The maximum absolute atomic E-state index is 11.8. The van der Waals surface area contributed by atoms with Gasteiger partial charge in [0.05, 0.1) is 0 Å². The molecule has 0 aliphatic carbocycles.